The van der Waals surface area contributed by atoms with E-state index in [2.05, 4.69) is 59.7 Å². The molecule has 1 heterocycles. The van der Waals surface area contributed by atoms with Crippen LogP contribution in [0.3, 0.4) is 0 Å². The zero-order valence-corrected chi connectivity index (χ0v) is 35.3. The van der Waals surface area contributed by atoms with Gasteiger partial charge in [-0.15, -0.1) is 0 Å². The first-order chi connectivity index (χ1) is 25.3. The van der Waals surface area contributed by atoms with Gasteiger partial charge in [-0.05, 0) is 127 Å². The average Bonchev–Trinajstić information content (AvgIpc) is 3.38. The molecule has 5 fully saturated rings. The van der Waals surface area contributed by atoms with Crippen LogP contribution in [0.5, 0.6) is 5.75 Å². The number of esters is 1. The van der Waals surface area contributed by atoms with Crippen molar-refractivity contribution in [1.29, 1.82) is 0 Å². The summed E-state index contributed by atoms with van der Waals surface area (Å²) in [6.07, 6.45) is 14.2. The number of nitrogens with zero attached hydrogens (tertiary/aromatic N) is 2. The lowest BCUT2D eigenvalue weighted by molar-refractivity contribution is -0.181. The van der Waals surface area contributed by atoms with Crippen LogP contribution >= 0.6 is 24.0 Å². The lowest BCUT2D eigenvalue weighted by Crippen LogP contribution is -2.64. The van der Waals surface area contributed by atoms with E-state index in [-0.39, 0.29) is 51.4 Å². The van der Waals surface area contributed by atoms with Crippen molar-refractivity contribution in [3.8, 4) is 5.75 Å². The monoisotopic (exact) mass is 774 g/mol. The van der Waals surface area contributed by atoms with E-state index in [0.717, 1.165) is 81.2 Å². The van der Waals surface area contributed by atoms with Crippen molar-refractivity contribution in [1.82, 2.24) is 4.90 Å². The second-order valence-corrected chi connectivity index (χ2v) is 20.8. The maximum Gasteiger partial charge on any atom is 0.354 e. The number of allylic oxidation sites excluding steroid dienone is 2. The molecule has 292 valence electrons. The van der Waals surface area contributed by atoms with Crippen molar-refractivity contribution in [3.05, 3.63) is 46.4 Å². The number of carbonyl (C=O) groups excluding carboxylic acids is 3. The highest BCUT2D eigenvalue weighted by Gasteiger charge is 2.69. The molecule has 4 saturated carbocycles. The van der Waals surface area contributed by atoms with Gasteiger partial charge in [0.2, 0.25) is 0 Å². The molecule has 7 atom stereocenters. The number of oxime groups is 1. The molecule has 1 saturated heterocycles. The molecule has 0 bridgehead atoms. The summed E-state index contributed by atoms with van der Waals surface area (Å²) >= 11 is 6.67. The molecule has 1 aliphatic heterocycles. The third kappa shape index (κ3) is 6.02. The Morgan fingerprint density at radius 1 is 0.963 bits per heavy atom. The SMILES string of the molecule is COC(=O)[C@]12CCC(C)(C)C[C@@H]1C1=CC[C@H]3[C@@]4(C)CC/C(=N/OC(=O)CN5C(=O)/C(=C/c6ccc(OC)cc6)SC5=S)C(C)(C)[C@H]4CC[C@@]3(C)[C@]1(C)CC2. The third-order valence-corrected chi connectivity index (χ3v) is 17.2. The van der Waals surface area contributed by atoms with Gasteiger partial charge in [0.05, 0.1) is 30.3 Å². The van der Waals surface area contributed by atoms with E-state index < -0.39 is 11.4 Å². The highest BCUT2D eigenvalue weighted by Crippen LogP contribution is 2.75. The molecule has 1 amide bonds. The number of ether oxygens (including phenoxy) is 2. The molecule has 1 aromatic rings. The summed E-state index contributed by atoms with van der Waals surface area (Å²) in [5.41, 5.74) is 3.00. The van der Waals surface area contributed by atoms with Crippen LogP contribution in [0.15, 0.2) is 46.0 Å². The molecule has 10 heteroatoms. The molecule has 8 nitrogen and oxygen atoms in total. The van der Waals surface area contributed by atoms with E-state index >= 15 is 0 Å². The number of hydrogen-bond acceptors (Lipinski definition) is 9. The van der Waals surface area contributed by atoms with E-state index in [1.807, 2.05) is 24.3 Å². The first-order valence-electron chi connectivity index (χ1n) is 19.8. The normalized spacial score (nSPS) is 38.1. The molecular formula is C44H58N2O6S2. The molecule has 0 spiro atoms. The summed E-state index contributed by atoms with van der Waals surface area (Å²) in [6, 6.07) is 7.39. The number of benzene rings is 1. The summed E-state index contributed by atoms with van der Waals surface area (Å²) in [4.78, 5) is 47.4. The minimum atomic E-state index is -0.603. The Labute approximate surface area is 331 Å². The van der Waals surface area contributed by atoms with Gasteiger partial charge in [0, 0.05) is 5.41 Å². The molecule has 5 aliphatic carbocycles. The van der Waals surface area contributed by atoms with E-state index in [1.54, 1.807) is 20.3 Å². The van der Waals surface area contributed by atoms with Crippen molar-refractivity contribution in [2.45, 2.75) is 113 Å². The Balaban J connectivity index is 1.07. The molecule has 0 radical (unpaired) electrons. The van der Waals surface area contributed by atoms with Gasteiger partial charge in [-0.2, -0.15) is 0 Å². The van der Waals surface area contributed by atoms with Crippen LogP contribution in [0.4, 0.5) is 0 Å². The van der Waals surface area contributed by atoms with Gasteiger partial charge in [-0.25, -0.2) is 4.79 Å². The van der Waals surface area contributed by atoms with Crippen LogP contribution in [0.2, 0.25) is 0 Å². The number of rotatable bonds is 6. The summed E-state index contributed by atoms with van der Waals surface area (Å²) in [5.74, 6) is 0.894. The highest BCUT2D eigenvalue weighted by molar-refractivity contribution is 8.26. The topological polar surface area (TPSA) is 94.5 Å². The zero-order chi connectivity index (χ0) is 39.1. The van der Waals surface area contributed by atoms with Crippen LogP contribution in [-0.4, -0.2) is 53.5 Å². The lowest BCUT2D eigenvalue weighted by atomic mass is 9.33. The number of methoxy groups -OCH3 is 2. The van der Waals surface area contributed by atoms with Crippen LogP contribution < -0.4 is 4.74 Å². The number of amides is 1. The maximum atomic E-state index is 13.6. The Morgan fingerprint density at radius 3 is 2.35 bits per heavy atom. The van der Waals surface area contributed by atoms with E-state index in [9.17, 15) is 14.4 Å². The van der Waals surface area contributed by atoms with Gasteiger partial charge in [0.1, 0.15) is 16.6 Å². The predicted molar refractivity (Wildman–Crippen MR) is 217 cm³/mol. The van der Waals surface area contributed by atoms with Gasteiger partial charge in [-0.1, -0.05) is 101 Å². The van der Waals surface area contributed by atoms with Crippen LogP contribution in [-0.2, 0) is 24.0 Å². The molecule has 1 aromatic carbocycles. The number of thioether (sulfide) groups is 1. The number of fused-ring (bicyclic) bond motifs is 7. The maximum absolute atomic E-state index is 13.6. The Morgan fingerprint density at radius 2 is 1.67 bits per heavy atom. The highest BCUT2D eigenvalue weighted by atomic mass is 32.2. The number of thiocarbonyl (C=S) groups is 1. The fourth-order valence-corrected chi connectivity index (χ4v) is 13.8. The minimum Gasteiger partial charge on any atom is -0.497 e. The third-order valence-electron chi connectivity index (χ3n) is 15.8. The average molecular weight is 775 g/mol. The van der Waals surface area contributed by atoms with E-state index in [4.69, 9.17) is 26.5 Å². The van der Waals surface area contributed by atoms with Gasteiger partial charge in [0.15, 0.2) is 0 Å². The molecule has 7 rings (SSSR count). The molecule has 0 aromatic heterocycles. The second kappa shape index (κ2) is 13.6. The molecule has 54 heavy (non-hydrogen) atoms. The Hall–Kier alpha value is -2.98. The van der Waals surface area contributed by atoms with Gasteiger partial charge >= 0.3 is 11.9 Å². The first kappa shape index (κ1) is 39.3. The van der Waals surface area contributed by atoms with Gasteiger partial charge in [-0.3, -0.25) is 14.5 Å². The van der Waals surface area contributed by atoms with Crippen LogP contribution in [0.25, 0.3) is 6.08 Å². The van der Waals surface area contributed by atoms with Crippen LogP contribution in [0, 0.1) is 50.2 Å². The fourth-order valence-electron chi connectivity index (χ4n) is 12.5. The summed E-state index contributed by atoms with van der Waals surface area (Å²) in [6.45, 7) is 16.6. The first-order valence-corrected chi connectivity index (χ1v) is 21.0. The molecule has 6 aliphatic rings. The predicted octanol–water partition coefficient (Wildman–Crippen LogP) is 9.77. The van der Waals surface area contributed by atoms with Crippen molar-refractivity contribution in [3.63, 3.8) is 0 Å². The van der Waals surface area contributed by atoms with E-state index in [0.29, 0.717) is 21.1 Å². The molecular weight excluding hydrogens is 717 g/mol. The van der Waals surface area contributed by atoms with Crippen molar-refractivity contribution < 1.29 is 28.7 Å². The fraction of sp³-hybridized carbons (Fsp3) is 0.659. The Bertz CT molecular complexity index is 1850. The zero-order valence-electron chi connectivity index (χ0n) is 33.6. The Kier molecular flexibility index (Phi) is 9.89. The minimum absolute atomic E-state index is 0.00427. The smallest absolute Gasteiger partial charge is 0.354 e. The number of carbonyl (C=O) groups is 3. The van der Waals surface area contributed by atoms with Crippen molar-refractivity contribution >= 4 is 57.9 Å². The number of hydrogen-bond donors (Lipinski definition) is 0. The van der Waals surface area contributed by atoms with Gasteiger partial charge < -0.3 is 14.3 Å². The van der Waals surface area contributed by atoms with Gasteiger partial charge in [0.25, 0.3) is 5.91 Å². The second-order valence-electron chi connectivity index (χ2n) is 19.1. The largest absolute Gasteiger partial charge is 0.497 e. The van der Waals surface area contributed by atoms with Crippen molar-refractivity contribution in [2.75, 3.05) is 20.8 Å². The summed E-state index contributed by atoms with van der Waals surface area (Å²) in [7, 11) is 3.18. The van der Waals surface area contributed by atoms with Crippen LogP contribution in [0.1, 0.15) is 118 Å². The molecule has 0 unspecified atom stereocenters. The van der Waals surface area contributed by atoms with Crippen molar-refractivity contribution in [2.24, 2.45) is 55.4 Å². The summed E-state index contributed by atoms with van der Waals surface area (Å²) in [5, 5.41) is 4.54. The summed E-state index contributed by atoms with van der Waals surface area (Å²) < 4.78 is 11.1. The van der Waals surface area contributed by atoms with E-state index in [1.165, 1.54) is 22.2 Å². The quantitative estimate of drug-likeness (QED) is 0.0705. The standard InChI is InChI=1S/C44H58N2O6S2/c1-39(2)20-22-44(37(49)51-9)23-21-42(6)29(30(44)25-39)14-15-33-41(5)18-17-34(40(3,4)32(41)16-19-43(33,42)7)45-52-35(47)26-46-36(48)31(54-38(46)53)24-27-10-12-28(50-8)13-11-27/h10-14,24,30,32-33H,15-23,25-26H2,1-9H3/b31-24-,45-34-/t30-,32-,33+,41+,42-,43-,44+/m1/s1. The lowest BCUT2D eigenvalue weighted by Gasteiger charge is -2.70. The molecule has 0 N–H and O–H groups in total.